The minimum Gasteiger partial charge on any atom is -0.488 e. The number of likely N-dealkylation sites (N-methyl/N-ethyl adjacent to an activating group) is 1. The molecule has 0 radical (unpaired) electrons. The molecule has 0 aliphatic heterocycles. The lowest BCUT2D eigenvalue weighted by Gasteiger charge is -2.23. The van der Waals surface area contributed by atoms with Crippen LogP contribution < -0.4 is 15.4 Å². The topological polar surface area (TPSA) is 66.0 Å². The maximum atomic E-state index is 11.9. The summed E-state index contributed by atoms with van der Waals surface area (Å²) >= 11 is 0. The number of hydrogen-bond acceptors (Lipinski definition) is 3. The molecule has 1 unspecified atom stereocenters. The van der Waals surface area contributed by atoms with Crippen molar-refractivity contribution in [2.75, 3.05) is 20.6 Å². The highest BCUT2D eigenvalue weighted by atomic mass is 127. The molecule has 0 spiro atoms. The first-order chi connectivity index (χ1) is 12.5. The standard InChI is InChI=1S/C21H36N4O2.HI/c1-9-16(3)24-20(23-14-19(26)25(7)8)22-13-17-11-10-15(2)12-18(17)27-21(4,5)6;/h10-12,16H,9,13-14H2,1-8H3,(H2,22,23,24);1H. The van der Waals surface area contributed by atoms with E-state index in [4.69, 9.17) is 4.74 Å². The van der Waals surface area contributed by atoms with Crippen molar-refractivity contribution in [2.24, 2.45) is 4.99 Å². The molecule has 0 saturated carbocycles. The summed E-state index contributed by atoms with van der Waals surface area (Å²) in [6.45, 7) is 13.0. The van der Waals surface area contributed by atoms with Crippen molar-refractivity contribution in [1.29, 1.82) is 0 Å². The van der Waals surface area contributed by atoms with Gasteiger partial charge in [-0.15, -0.1) is 24.0 Å². The SMILES string of the molecule is CCC(C)NC(=NCc1ccc(C)cc1OC(C)(C)C)NCC(=O)N(C)C.I. The number of rotatable bonds is 7. The van der Waals surface area contributed by atoms with Crippen LogP contribution in [-0.4, -0.2) is 49.0 Å². The van der Waals surface area contributed by atoms with Gasteiger partial charge in [-0.1, -0.05) is 19.1 Å². The van der Waals surface area contributed by atoms with Crippen molar-refractivity contribution in [1.82, 2.24) is 15.5 Å². The summed E-state index contributed by atoms with van der Waals surface area (Å²) in [5.74, 6) is 1.47. The van der Waals surface area contributed by atoms with E-state index in [1.54, 1.807) is 19.0 Å². The zero-order chi connectivity index (χ0) is 20.6. The molecule has 0 aliphatic rings. The van der Waals surface area contributed by atoms with Gasteiger partial charge in [0.05, 0.1) is 13.1 Å². The van der Waals surface area contributed by atoms with Crippen molar-refractivity contribution in [3.05, 3.63) is 29.3 Å². The molecular weight excluding hydrogens is 467 g/mol. The minimum absolute atomic E-state index is 0. The molecule has 0 heterocycles. The predicted molar refractivity (Wildman–Crippen MR) is 128 cm³/mol. The van der Waals surface area contributed by atoms with Gasteiger partial charge in [-0.05, 0) is 52.7 Å². The van der Waals surface area contributed by atoms with Crippen molar-refractivity contribution in [3.8, 4) is 5.75 Å². The summed E-state index contributed by atoms with van der Waals surface area (Å²) in [5.41, 5.74) is 1.88. The van der Waals surface area contributed by atoms with Crippen LogP contribution in [0.15, 0.2) is 23.2 Å². The van der Waals surface area contributed by atoms with Gasteiger partial charge in [0.2, 0.25) is 5.91 Å². The van der Waals surface area contributed by atoms with Gasteiger partial charge in [-0.25, -0.2) is 4.99 Å². The van der Waals surface area contributed by atoms with Gasteiger partial charge in [-0.3, -0.25) is 4.79 Å². The number of halogens is 1. The fraction of sp³-hybridized carbons (Fsp3) is 0.619. The fourth-order valence-electron chi connectivity index (χ4n) is 2.19. The number of nitrogens with one attached hydrogen (secondary N) is 2. The highest BCUT2D eigenvalue weighted by molar-refractivity contribution is 14.0. The van der Waals surface area contributed by atoms with Crippen LogP contribution in [0.1, 0.15) is 52.2 Å². The zero-order valence-corrected chi connectivity index (χ0v) is 20.9. The second-order valence-electron chi connectivity index (χ2n) is 8.09. The summed E-state index contributed by atoms with van der Waals surface area (Å²) in [6.07, 6.45) is 0.964. The second-order valence-corrected chi connectivity index (χ2v) is 8.09. The number of aliphatic imine (C=N–C) groups is 1. The maximum absolute atomic E-state index is 11.9. The number of ether oxygens (including phenoxy) is 1. The Kier molecular flexibility index (Phi) is 11.5. The summed E-state index contributed by atoms with van der Waals surface area (Å²) in [5, 5.41) is 6.46. The summed E-state index contributed by atoms with van der Waals surface area (Å²) in [7, 11) is 3.48. The normalized spacial score (nSPS) is 12.6. The number of amides is 1. The molecule has 1 aromatic rings. The number of carbonyl (C=O) groups is 1. The molecular formula is C21H37IN4O2. The molecule has 0 aliphatic carbocycles. The van der Waals surface area contributed by atoms with E-state index in [0.717, 1.165) is 23.3 Å². The van der Waals surface area contributed by atoms with Crippen LogP contribution in [0.2, 0.25) is 0 Å². The van der Waals surface area contributed by atoms with Gasteiger partial charge < -0.3 is 20.3 Å². The Balaban J connectivity index is 0.00000729. The van der Waals surface area contributed by atoms with Crippen LogP contribution in [0.3, 0.4) is 0 Å². The van der Waals surface area contributed by atoms with Gasteiger partial charge in [0, 0.05) is 25.7 Å². The number of benzene rings is 1. The Morgan fingerprint density at radius 1 is 1.29 bits per heavy atom. The van der Waals surface area contributed by atoms with Gasteiger partial charge >= 0.3 is 0 Å². The fourth-order valence-corrected chi connectivity index (χ4v) is 2.19. The van der Waals surface area contributed by atoms with E-state index >= 15 is 0 Å². The van der Waals surface area contributed by atoms with Gasteiger partial charge in [0.25, 0.3) is 0 Å². The number of carbonyl (C=O) groups excluding carboxylic acids is 1. The number of guanidine groups is 1. The van der Waals surface area contributed by atoms with Crippen LogP contribution in [0.25, 0.3) is 0 Å². The largest absolute Gasteiger partial charge is 0.488 e. The Bertz CT molecular complexity index is 654. The van der Waals surface area contributed by atoms with E-state index in [2.05, 4.69) is 35.5 Å². The first-order valence-corrected chi connectivity index (χ1v) is 9.55. The average molecular weight is 504 g/mol. The Morgan fingerprint density at radius 3 is 2.46 bits per heavy atom. The van der Waals surface area contributed by atoms with Crippen molar-refractivity contribution in [3.63, 3.8) is 0 Å². The molecule has 0 saturated heterocycles. The molecule has 0 bridgehead atoms. The third-order valence-corrected chi connectivity index (χ3v) is 3.95. The minimum atomic E-state index is -0.277. The van der Waals surface area contributed by atoms with Crippen LogP contribution in [0, 0.1) is 6.92 Å². The molecule has 7 heteroatoms. The van der Waals surface area contributed by atoms with E-state index in [-0.39, 0.29) is 48.1 Å². The first-order valence-electron chi connectivity index (χ1n) is 9.55. The van der Waals surface area contributed by atoms with E-state index < -0.39 is 0 Å². The summed E-state index contributed by atoms with van der Waals surface area (Å²) < 4.78 is 6.11. The van der Waals surface area contributed by atoms with E-state index in [0.29, 0.717) is 12.5 Å². The quantitative estimate of drug-likeness (QED) is 0.338. The smallest absolute Gasteiger partial charge is 0.241 e. The highest BCUT2D eigenvalue weighted by Gasteiger charge is 2.15. The van der Waals surface area contributed by atoms with Crippen LogP contribution in [-0.2, 0) is 11.3 Å². The third-order valence-electron chi connectivity index (χ3n) is 3.95. The molecule has 1 atom stereocenters. The Labute approximate surface area is 187 Å². The van der Waals surface area contributed by atoms with E-state index in [9.17, 15) is 4.79 Å². The Morgan fingerprint density at radius 2 is 1.93 bits per heavy atom. The van der Waals surface area contributed by atoms with Gasteiger partial charge in [0.1, 0.15) is 11.4 Å². The molecule has 1 amide bonds. The number of hydrogen-bond donors (Lipinski definition) is 2. The maximum Gasteiger partial charge on any atom is 0.241 e. The van der Waals surface area contributed by atoms with E-state index in [1.165, 1.54) is 0 Å². The summed E-state index contributed by atoms with van der Waals surface area (Å²) in [4.78, 5) is 18.1. The molecule has 0 fully saturated rings. The monoisotopic (exact) mass is 504 g/mol. The van der Waals surface area contributed by atoms with Crippen molar-refractivity contribution >= 4 is 35.8 Å². The molecule has 28 heavy (non-hydrogen) atoms. The predicted octanol–water partition coefficient (Wildman–Crippen LogP) is 3.71. The second kappa shape index (κ2) is 12.1. The molecule has 1 aromatic carbocycles. The van der Waals surface area contributed by atoms with Gasteiger partial charge in [-0.2, -0.15) is 0 Å². The molecule has 6 nitrogen and oxygen atoms in total. The average Bonchev–Trinajstić information content (AvgIpc) is 2.56. The van der Waals surface area contributed by atoms with Crippen LogP contribution in [0.4, 0.5) is 0 Å². The van der Waals surface area contributed by atoms with Crippen molar-refractivity contribution in [2.45, 2.75) is 66.2 Å². The lowest BCUT2D eigenvalue weighted by atomic mass is 10.1. The molecule has 1 rings (SSSR count). The molecule has 2 N–H and O–H groups in total. The first kappa shape index (κ1) is 26.5. The highest BCUT2D eigenvalue weighted by Crippen LogP contribution is 2.25. The Hall–Kier alpha value is -1.51. The van der Waals surface area contributed by atoms with Gasteiger partial charge in [0.15, 0.2) is 5.96 Å². The third kappa shape index (κ3) is 10.1. The lowest BCUT2D eigenvalue weighted by Crippen LogP contribution is -2.45. The molecule has 160 valence electrons. The van der Waals surface area contributed by atoms with Crippen LogP contribution >= 0.6 is 24.0 Å². The summed E-state index contributed by atoms with van der Waals surface area (Å²) in [6, 6.07) is 6.41. The zero-order valence-electron chi connectivity index (χ0n) is 18.5. The lowest BCUT2D eigenvalue weighted by molar-refractivity contribution is -0.127. The van der Waals surface area contributed by atoms with Crippen molar-refractivity contribution < 1.29 is 9.53 Å². The molecule has 0 aromatic heterocycles. The van der Waals surface area contributed by atoms with Crippen LogP contribution in [0.5, 0.6) is 5.75 Å². The van der Waals surface area contributed by atoms with E-state index in [1.807, 2.05) is 39.8 Å². The number of nitrogens with zero attached hydrogens (tertiary/aromatic N) is 2. The number of aryl methyl sites for hydroxylation is 1.